The third kappa shape index (κ3) is 2.42. The molecule has 0 saturated heterocycles. The van der Waals surface area contributed by atoms with Crippen LogP contribution in [0.3, 0.4) is 0 Å². The first kappa shape index (κ1) is 12.8. The largest absolute Gasteiger partial charge is 0.252 e. The first-order valence-electron chi connectivity index (χ1n) is 6.97. The maximum atomic E-state index is 4.71. The predicted molar refractivity (Wildman–Crippen MR) is 83.8 cm³/mol. The summed E-state index contributed by atoms with van der Waals surface area (Å²) in [5.41, 5.74) is 6.51. The SMILES string of the molecule is Cc1ccc(-c2cnc3cc(C(C)C)ccc3n2)cc1. The highest BCUT2D eigenvalue weighted by molar-refractivity contribution is 5.77. The molecule has 0 atom stereocenters. The van der Waals surface area contributed by atoms with Crippen LogP contribution >= 0.6 is 0 Å². The van der Waals surface area contributed by atoms with Gasteiger partial charge in [0.2, 0.25) is 0 Å². The molecule has 0 spiro atoms. The molecule has 0 radical (unpaired) electrons. The van der Waals surface area contributed by atoms with Crippen molar-refractivity contribution in [2.75, 3.05) is 0 Å². The molecule has 0 saturated carbocycles. The van der Waals surface area contributed by atoms with Crippen molar-refractivity contribution in [2.45, 2.75) is 26.7 Å². The molecule has 0 unspecified atom stereocenters. The molecule has 100 valence electrons. The van der Waals surface area contributed by atoms with Crippen LogP contribution in [-0.2, 0) is 0 Å². The van der Waals surface area contributed by atoms with Gasteiger partial charge in [-0.15, -0.1) is 0 Å². The van der Waals surface area contributed by atoms with Crippen LogP contribution in [0.5, 0.6) is 0 Å². The molecule has 0 N–H and O–H groups in total. The fourth-order valence-electron chi connectivity index (χ4n) is 2.25. The van der Waals surface area contributed by atoms with E-state index in [9.17, 15) is 0 Å². The normalized spacial score (nSPS) is 11.2. The lowest BCUT2D eigenvalue weighted by molar-refractivity contribution is 0.868. The van der Waals surface area contributed by atoms with Crippen LogP contribution < -0.4 is 0 Å². The molecule has 0 amide bonds. The van der Waals surface area contributed by atoms with Crippen LogP contribution in [0.15, 0.2) is 48.7 Å². The quantitative estimate of drug-likeness (QED) is 0.667. The third-order valence-electron chi connectivity index (χ3n) is 3.58. The Labute approximate surface area is 119 Å². The number of rotatable bonds is 2. The maximum Gasteiger partial charge on any atom is 0.0894 e. The minimum atomic E-state index is 0.512. The van der Waals surface area contributed by atoms with Crippen LogP contribution in [0, 0.1) is 6.92 Å². The highest BCUT2D eigenvalue weighted by Crippen LogP contribution is 2.22. The summed E-state index contributed by atoms with van der Waals surface area (Å²) in [4.78, 5) is 9.27. The Morgan fingerprint density at radius 2 is 1.65 bits per heavy atom. The predicted octanol–water partition coefficient (Wildman–Crippen LogP) is 4.73. The van der Waals surface area contributed by atoms with E-state index in [-0.39, 0.29) is 0 Å². The molecule has 0 aliphatic carbocycles. The molecular formula is C18H18N2. The van der Waals surface area contributed by atoms with E-state index in [1.54, 1.807) is 0 Å². The zero-order chi connectivity index (χ0) is 14.1. The van der Waals surface area contributed by atoms with Gasteiger partial charge in [-0.1, -0.05) is 49.7 Å². The summed E-state index contributed by atoms with van der Waals surface area (Å²) in [6.45, 7) is 6.47. The number of hydrogen-bond acceptors (Lipinski definition) is 2. The van der Waals surface area contributed by atoms with Gasteiger partial charge >= 0.3 is 0 Å². The number of fused-ring (bicyclic) bond motifs is 1. The number of benzene rings is 2. The van der Waals surface area contributed by atoms with Gasteiger partial charge < -0.3 is 0 Å². The molecule has 1 aromatic heterocycles. The van der Waals surface area contributed by atoms with E-state index >= 15 is 0 Å². The third-order valence-corrected chi connectivity index (χ3v) is 3.58. The summed E-state index contributed by atoms with van der Waals surface area (Å²) >= 11 is 0. The number of aromatic nitrogens is 2. The van der Waals surface area contributed by atoms with Gasteiger partial charge in [-0.05, 0) is 30.5 Å². The average molecular weight is 262 g/mol. The molecule has 0 bridgehead atoms. The first-order chi connectivity index (χ1) is 9.63. The van der Waals surface area contributed by atoms with Crippen LogP contribution in [-0.4, -0.2) is 9.97 Å². The van der Waals surface area contributed by atoms with Gasteiger partial charge in [-0.2, -0.15) is 0 Å². The fraction of sp³-hybridized carbons (Fsp3) is 0.222. The van der Waals surface area contributed by atoms with Crippen LogP contribution in [0.1, 0.15) is 30.9 Å². The topological polar surface area (TPSA) is 25.8 Å². The zero-order valence-corrected chi connectivity index (χ0v) is 12.1. The van der Waals surface area contributed by atoms with E-state index in [1.165, 1.54) is 11.1 Å². The van der Waals surface area contributed by atoms with E-state index in [0.29, 0.717) is 5.92 Å². The molecule has 0 aliphatic heterocycles. The molecule has 0 aliphatic rings. The van der Waals surface area contributed by atoms with Crippen molar-refractivity contribution in [3.8, 4) is 11.3 Å². The molecule has 2 heteroatoms. The van der Waals surface area contributed by atoms with Crippen LogP contribution in [0.4, 0.5) is 0 Å². The monoisotopic (exact) mass is 262 g/mol. The lowest BCUT2D eigenvalue weighted by Gasteiger charge is -2.07. The molecule has 3 rings (SSSR count). The Hall–Kier alpha value is -2.22. The minimum Gasteiger partial charge on any atom is -0.252 e. The second kappa shape index (κ2) is 5.04. The second-order valence-electron chi connectivity index (χ2n) is 5.52. The maximum absolute atomic E-state index is 4.71. The Balaban J connectivity index is 2.07. The van der Waals surface area contributed by atoms with Crippen molar-refractivity contribution in [1.82, 2.24) is 9.97 Å². The molecule has 2 nitrogen and oxygen atoms in total. The van der Waals surface area contributed by atoms with Crippen molar-refractivity contribution in [3.05, 3.63) is 59.8 Å². The summed E-state index contributed by atoms with van der Waals surface area (Å²) in [5.74, 6) is 0.512. The molecule has 0 fully saturated rings. The summed E-state index contributed by atoms with van der Waals surface area (Å²) in [7, 11) is 0. The highest BCUT2D eigenvalue weighted by Gasteiger charge is 2.05. The van der Waals surface area contributed by atoms with E-state index < -0.39 is 0 Å². The standard InChI is InChI=1S/C18H18N2/c1-12(2)15-8-9-16-17(10-15)19-11-18(20-16)14-6-4-13(3)5-7-14/h4-12H,1-3H3. The van der Waals surface area contributed by atoms with Gasteiger partial charge in [-0.25, -0.2) is 4.98 Å². The summed E-state index contributed by atoms with van der Waals surface area (Å²) in [6.07, 6.45) is 1.86. The zero-order valence-electron chi connectivity index (χ0n) is 12.1. The van der Waals surface area contributed by atoms with Crippen LogP contribution in [0.25, 0.3) is 22.3 Å². The molecule has 1 heterocycles. The average Bonchev–Trinajstić information content (AvgIpc) is 2.47. The summed E-state index contributed by atoms with van der Waals surface area (Å²) in [5, 5.41) is 0. The molecule has 20 heavy (non-hydrogen) atoms. The van der Waals surface area contributed by atoms with E-state index in [1.807, 2.05) is 6.20 Å². The van der Waals surface area contributed by atoms with Gasteiger partial charge in [0, 0.05) is 5.56 Å². The number of nitrogens with zero attached hydrogens (tertiary/aromatic N) is 2. The first-order valence-corrected chi connectivity index (χ1v) is 6.97. The van der Waals surface area contributed by atoms with E-state index in [4.69, 9.17) is 4.98 Å². The molecular weight excluding hydrogens is 244 g/mol. The Morgan fingerprint density at radius 1 is 0.900 bits per heavy atom. The summed E-state index contributed by atoms with van der Waals surface area (Å²) < 4.78 is 0. The number of aryl methyl sites for hydroxylation is 1. The smallest absolute Gasteiger partial charge is 0.0894 e. The van der Waals surface area contributed by atoms with Gasteiger partial charge in [-0.3, -0.25) is 4.98 Å². The van der Waals surface area contributed by atoms with Crippen molar-refractivity contribution in [3.63, 3.8) is 0 Å². The molecule has 2 aromatic carbocycles. The minimum absolute atomic E-state index is 0.512. The Kier molecular flexibility index (Phi) is 3.23. The van der Waals surface area contributed by atoms with E-state index in [0.717, 1.165) is 22.3 Å². The van der Waals surface area contributed by atoms with Gasteiger partial charge in [0.05, 0.1) is 22.9 Å². The van der Waals surface area contributed by atoms with Gasteiger partial charge in [0.25, 0.3) is 0 Å². The second-order valence-corrected chi connectivity index (χ2v) is 5.52. The van der Waals surface area contributed by atoms with Crippen LogP contribution in [0.2, 0.25) is 0 Å². The lowest BCUT2D eigenvalue weighted by Crippen LogP contribution is -1.92. The van der Waals surface area contributed by atoms with Crippen molar-refractivity contribution >= 4 is 11.0 Å². The Bertz CT molecular complexity index is 743. The fourth-order valence-corrected chi connectivity index (χ4v) is 2.25. The molecule has 3 aromatic rings. The number of hydrogen-bond donors (Lipinski definition) is 0. The van der Waals surface area contributed by atoms with Crippen molar-refractivity contribution in [1.29, 1.82) is 0 Å². The lowest BCUT2D eigenvalue weighted by atomic mass is 10.0. The van der Waals surface area contributed by atoms with Gasteiger partial charge in [0.1, 0.15) is 0 Å². The highest BCUT2D eigenvalue weighted by atomic mass is 14.8. The Morgan fingerprint density at radius 3 is 2.35 bits per heavy atom. The van der Waals surface area contributed by atoms with E-state index in [2.05, 4.69) is 68.2 Å². The summed E-state index contributed by atoms with van der Waals surface area (Å²) in [6, 6.07) is 14.7. The van der Waals surface area contributed by atoms with Gasteiger partial charge in [0.15, 0.2) is 0 Å². The van der Waals surface area contributed by atoms with Crippen molar-refractivity contribution < 1.29 is 0 Å². The van der Waals surface area contributed by atoms with Crippen molar-refractivity contribution in [2.24, 2.45) is 0 Å².